The minimum Gasteiger partial charge on any atom is -0.497 e. The largest absolute Gasteiger partial charge is 0.497 e. The molecule has 1 heterocycles. The minimum absolute atomic E-state index is 0.0961. The highest BCUT2D eigenvalue weighted by molar-refractivity contribution is 5.86. The fraction of sp³-hybridized carbons (Fsp3) is 0.310. The Kier molecular flexibility index (Phi) is 6.78. The van der Waals surface area contributed by atoms with E-state index in [2.05, 4.69) is 0 Å². The third kappa shape index (κ3) is 4.54. The molecule has 0 radical (unpaired) electrons. The Bertz CT molecular complexity index is 1270. The highest BCUT2D eigenvalue weighted by atomic mass is 16.6. The van der Waals surface area contributed by atoms with Gasteiger partial charge in [-0.05, 0) is 60.7 Å². The number of hydrogen-bond acceptors (Lipinski definition) is 6. The molecule has 3 aromatic rings. The number of amides is 1. The van der Waals surface area contributed by atoms with Gasteiger partial charge in [-0.15, -0.1) is 0 Å². The summed E-state index contributed by atoms with van der Waals surface area (Å²) in [6.07, 6.45) is -0.670. The molecule has 0 spiro atoms. The van der Waals surface area contributed by atoms with Crippen LogP contribution in [0.4, 0.5) is 4.79 Å². The van der Waals surface area contributed by atoms with Crippen LogP contribution in [0.3, 0.4) is 0 Å². The molecule has 1 aliphatic heterocycles. The zero-order chi connectivity index (χ0) is 26.1. The molecule has 188 valence electrons. The Balaban J connectivity index is 2.08. The van der Waals surface area contributed by atoms with E-state index in [1.54, 1.807) is 57.2 Å². The number of fused-ring (bicyclic) bond motifs is 3. The number of aliphatic hydroxyl groups is 1. The number of methoxy groups -OCH3 is 2. The topological polar surface area (TPSA) is 85.3 Å². The zero-order valence-electron chi connectivity index (χ0n) is 21.1. The number of carbonyl (C=O) groups is 2. The van der Waals surface area contributed by atoms with E-state index < -0.39 is 29.3 Å². The smallest absolute Gasteiger partial charge is 0.411 e. The Morgan fingerprint density at radius 3 is 2.22 bits per heavy atom. The third-order valence-electron chi connectivity index (χ3n) is 6.25. The Morgan fingerprint density at radius 1 is 0.917 bits per heavy atom. The van der Waals surface area contributed by atoms with Crippen molar-refractivity contribution >= 4 is 12.1 Å². The molecule has 7 nitrogen and oxygen atoms in total. The summed E-state index contributed by atoms with van der Waals surface area (Å²) in [6, 6.07) is 20.4. The van der Waals surface area contributed by atoms with Gasteiger partial charge in [0.1, 0.15) is 17.4 Å². The lowest BCUT2D eigenvalue weighted by Gasteiger charge is -2.41. The van der Waals surface area contributed by atoms with Crippen LogP contribution in [0.1, 0.15) is 43.5 Å². The van der Waals surface area contributed by atoms with E-state index in [1.165, 1.54) is 19.1 Å². The lowest BCUT2D eigenvalue weighted by atomic mass is 9.79. The van der Waals surface area contributed by atoms with Crippen molar-refractivity contribution in [2.45, 2.75) is 44.6 Å². The first kappa shape index (κ1) is 25.3. The maximum absolute atomic E-state index is 13.7. The van der Waals surface area contributed by atoms with Gasteiger partial charge in [-0.2, -0.15) is 0 Å². The summed E-state index contributed by atoms with van der Waals surface area (Å²) in [6.45, 7) is 5.41. The van der Waals surface area contributed by atoms with E-state index >= 15 is 0 Å². The SMILES string of the molecule is COC(=O)[C@@](O)(c1ccccc1)C1c2cc(OC)ccc2-c2ccccc2CN1C(=O)OC(C)(C)C. The average molecular weight is 490 g/mol. The van der Waals surface area contributed by atoms with Gasteiger partial charge in [0.25, 0.3) is 0 Å². The first-order chi connectivity index (χ1) is 17.1. The second-order valence-electron chi connectivity index (χ2n) is 9.75. The Morgan fingerprint density at radius 2 is 1.58 bits per heavy atom. The summed E-state index contributed by atoms with van der Waals surface area (Å²) in [5.41, 5.74) is 0.249. The molecule has 36 heavy (non-hydrogen) atoms. The number of nitrogens with zero attached hydrogens (tertiary/aromatic N) is 1. The third-order valence-corrected chi connectivity index (χ3v) is 6.25. The lowest BCUT2D eigenvalue weighted by Crippen LogP contribution is -2.52. The molecule has 0 saturated carbocycles. The summed E-state index contributed by atoms with van der Waals surface area (Å²) < 4.78 is 16.4. The van der Waals surface area contributed by atoms with Gasteiger partial charge in [0.05, 0.1) is 20.8 Å². The number of benzene rings is 3. The molecule has 1 aliphatic rings. The molecule has 2 atom stereocenters. The fourth-order valence-electron chi connectivity index (χ4n) is 4.68. The monoisotopic (exact) mass is 489 g/mol. The van der Waals surface area contributed by atoms with E-state index in [4.69, 9.17) is 14.2 Å². The molecule has 0 aromatic heterocycles. The maximum atomic E-state index is 13.7. The summed E-state index contributed by atoms with van der Waals surface area (Å²) in [7, 11) is 2.75. The molecule has 1 amide bonds. The van der Waals surface area contributed by atoms with Crippen molar-refractivity contribution in [3.05, 3.63) is 89.5 Å². The van der Waals surface area contributed by atoms with Crippen molar-refractivity contribution < 1.29 is 28.9 Å². The van der Waals surface area contributed by atoms with Crippen molar-refractivity contribution in [1.29, 1.82) is 0 Å². The maximum Gasteiger partial charge on any atom is 0.411 e. The quantitative estimate of drug-likeness (QED) is 0.506. The van der Waals surface area contributed by atoms with Crippen LogP contribution < -0.4 is 4.74 Å². The van der Waals surface area contributed by atoms with Crippen molar-refractivity contribution in [2.24, 2.45) is 0 Å². The van der Waals surface area contributed by atoms with Gasteiger partial charge in [0, 0.05) is 0 Å². The number of esters is 1. The molecular formula is C29H31NO6. The van der Waals surface area contributed by atoms with Crippen LogP contribution in [-0.2, 0) is 26.4 Å². The lowest BCUT2D eigenvalue weighted by molar-refractivity contribution is -0.173. The molecular weight excluding hydrogens is 458 g/mol. The normalized spacial score (nSPS) is 16.6. The molecule has 4 rings (SSSR count). The molecule has 3 aromatic carbocycles. The highest BCUT2D eigenvalue weighted by Crippen LogP contribution is 2.48. The van der Waals surface area contributed by atoms with E-state index in [-0.39, 0.29) is 12.1 Å². The predicted octanol–water partition coefficient (Wildman–Crippen LogP) is 5.21. The Labute approximate surface area is 211 Å². The predicted molar refractivity (Wildman–Crippen MR) is 135 cm³/mol. The van der Waals surface area contributed by atoms with Crippen LogP contribution in [0.25, 0.3) is 11.1 Å². The summed E-state index contributed by atoms with van der Waals surface area (Å²) in [4.78, 5) is 28.6. The van der Waals surface area contributed by atoms with Gasteiger partial charge in [-0.3, -0.25) is 4.90 Å². The summed E-state index contributed by atoms with van der Waals surface area (Å²) >= 11 is 0. The standard InChI is InChI=1S/C29H31NO6/c1-28(2,3)36-27(32)30-18-19-11-9-10-14-22(19)23-16-15-21(34-4)17-24(23)25(30)29(33,26(31)35-5)20-12-7-6-8-13-20/h6-17,25,33H,18H2,1-5H3/t25?,29-/m1/s1. The van der Waals surface area contributed by atoms with E-state index in [9.17, 15) is 14.7 Å². The zero-order valence-corrected chi connectivity index (χ0v) is 21.1. The molecule has 1 N–H and O–H groups in total. The van der Waals surface area contributed by atoms with E-state index in [0.29, 0.717) is 11.3 Å². The van der Waals surface area contributed by atoms with Gasteiger partial charge in [-0.25, -0.2) is 9.59 Å². The Hall–Kier alpha value is -3.84. The number of hydrogen-bond donors (Lipinski definition) is 1. The molecule has 1 unspecified atom stereocenters. The van der Waals surface area contributed by atoms with Crippen LogP contribution >= 0.6 is 0 Å². The molecule has 0 saturated heterocycles. The molecule has 0 aliphatic carbocycles. The van der Waals surface area contributed by atoms with Crippen LogP contribution in [0.5, 0.6) is 5.75 Å². The summed E-state index contributed by atoms with van der Waals surface area (Å²) in [5.74, 6) is -0.380. The second kappa shape index (κ2) is 9.66. The second-order valence-corrected chi connectivity index (χ2v) is 9.75. The summed E-state index contributed by atoms with van der Waals surface area (Å²) in [5, 5.41) is 12.3. The van der Waals surface area contributed by atoms with Gasteiger partial charge >= 0.3 is 12.1 Å². The van der Waals surface area contributed by atoms with Crippen LogP contribution in [0, 0.1) is 0 Å². The van der Waals surface area contributed by atoms with E-state index in [0.717, 1.165) is 16.7 Å². The number of rotatable bonds is 4. The van der Waals surface area contributed by atoms with Crippen molar-refractivity contribution in [3.8, 4) is 16.9 Å². The average Bonchev–Trinajstić information content (AvgIpc) is 3.01. The molecule has 0 fully saturated rings. The van der Waals surface area contributed by atoms with Gasteiger partial charge in [-0.1, -0.05) is 60.7 Å². The molecule has 0 bridgehead atoms. The number of carbonyl (C=O) groups excluding carboxylic acids is 2. The first-order valence-electron chi connectivity index (χ1n) is 11.7. The van der Waals surface area contributed by atoms with Gasteiger partial charge in [0.15, 0.2) is 0 Å². The minimum atomic E-state index is -2.25. The highest BCUT2D eigenvalue weighted by Gasteiger charge is 2.54. The van der Waals surface area contributed by atoms with Crippen LogP contribution in [0.2, 0.25) is 0 Å². The van der Waals surface area contributed by atoms with Crippen molar-refractivity contribution in [2.75, 3.05) is 14.2 Å². The van der Waals surface area contributed by atoms with Gasteiger partial charge < -0.3 is 19.3 Å². The number of ether oxygens (including phenoxy) is 3. The molecule has 7 heteroatoms. The van der Waals surface area contributed by atoms with Crippen LogP contribution in [-0.4, -0.2) is 41.9 Å². The van der Waals surface area contributed by atoms with Gasteiger partial charge in [0.2, 0.25) is 5.60 Å². The van der Waals surface area contributed by atoms with E-state index in [1.807, 2.05) is 36.4 Å². The fourth-order valence-corrected chi connectivity index (χ4v) is 4.68. The van der Waals surface area contributed by atoms with Crippen LogP contribution in [0.15, 0.2) is 72.8 Å². The van der Waals surface area contributed by atoms with Crippen molar-refractivity contribution in [3.63, 3.8) is 0 Å². The van der Waals surface area contributed by atoms with Crippen molar-refractivity contribution in [1.82, 2.24) is 4.90 Å². The first-order valence-corrected chi connectivity index (χ1v) is 11.7.